The standard InChI is InChI=1S/C29H38N2O9S/c1-6-29(7-2,26(35)36)39-20-9-8-18(14-21(20)38-17-24(32)33)10-12-30-25(34)23-15-19-16-31(13-11-22(19)41-23)27(37)40-28(3,4)5/h8-9,14-15H,6-7,10-13,16-17H2,1-5H3,(H,30,34)(H,32,33)(H,35,36)/p-2. The van der Waals surface area contributed by atoms with Gasteiger partial charge in [-0.15, -0.1) is 11.3 Å². The molecule has 0 bridgehead atoms. The highest BCUT2D eigenvalue weighted by Crippen LogP contribution is 2.34. The highest BCUT2D eigenvalue weighted by atomic mass is 32.1. The number of hydrogen-bond donors (Lipinski definition) is 1. The molecule has 1 aliphatic heterocycles. The van der Waals surface area contributed by atoms with Crippen molar-refractivity contribution >= 4 is 35.3 Å². The Hall–Kier alpha value is -3.80. The second kappa shape index (κ2) is 13.2. The maximum Gasteiger partial charge on any atom is 0.410 e. The molecule has 2 amide bonds. The van der Waals surface area contributed by atoms with Gasteiger partial charge in [0.2, 0.25) is 0 Å². The number of hydrogen-bond acceptors (Lipinski definition) is 10. The molecule has 12 heteroatoms. The van der Waals surface area contributed by atoms with E-state index in [0.29, 0.717) is 36.4 Å². The van der Waals surface area contributed by atoms with Crippen molar-refractivity contribution in [1.82, 2.24) is 10.2 Å². The summed E-state index contributed by atoms with van der Waals surface area (Å²) in [4.78, 5) is 51.3. The first-order chi connectivity index (χ1) is 19.3. The lowest BCUT2D eigenvalue weighted by atomic mass is 9.97. The largest absolute Gasteiger partial charge is 0.546 e. The maximum atomic E-state index is 12.9. The van der Waals surface area contributed by atoms with Crippen molar-refractivity contribution in [3.63, 3.8) is 0 Å². The molecular weight excluding hydrogens is 552 g/mol. The van der Waals surface area contributed by atoms with Gasteiger partial charge in [0.25, 0.3) is 5.91 Å². The number of carbonyl (C=O) groups excluding carboxylic acids is 4. The van der Waals surface area contributed by atoms with Gasteiger partial charge in [-0.2, -0.15) is 0 Å². The second-order valence-electron chi connectivity index (χ2n) is 10.7. The van der Waals surface area contributed by atoms with E-state index in [1.165, 1.54) is 17.4 Å². The smallest absolute Gasteiger partial charge is 0.410 e. The van der Waals surface area contributed by atoms with Gasteiger partial charge in [0.15, 0.2) is 11.5 Å². The molecule has 0 fully saturated rings. The average Bonchev–Trinajstić information content (AvgIpc) is 3.34. The number of carbonyl (C=O) groups is 4. The SMILES string of the molecule is CCC(CC)(Oc1ccc(CCNC(=O)c2cc3c(s2)CCN(C(=O)OC(C)(C)C)C3)cc1OCC(=O)[O-])C(=O)[O-]. The number of nitrogens with one attached hydrogen (secondary N) is 1. The number of fused-ring (bicyclic) bond motifs is 1. The molecule has 11 nitrogen and oxygen atoms in total. The number of rotatable bonds is 12. The molecule has 0 saturated carbocycles. The van der Waals surface area contributed by atoms with Crippen LogP contribution >= 0.6 is 11.3 Å². The summed E-state index contributed by atoms with van der Waals surface area (Å²) in [6.07, 6.45) is 0.910. The summed E-state index contributed by atoms with van der Waals surface area (Å²) >= 11 is 1.40. The summed E-state index contributed by atoms with van der Waals surface area (Å²) in [7, 11) is 0. The summed E-state index contributed by atoms with van der Waals surface area (Å²) in [6.45, 7) is 9.18. The molecule has 1 N–H and O–H groups in total. The Morgan fingerprint density at radius 3 is 2.37 bits per heavy atom. The van der Waals surface area contributed by atoms with E-state index in [4.69, 9.17) is 14.2 Å². The van der Waals surface area contributed by atoms with Crippen LogP contribution in [0.25, 0.3) is 0 Å². The van der Waals surface area contributed by atoms with Gasteiger partial charge in [-0.1, -0.05) is 19.9 Å². The van der Waals surface area contributed by atoms with E-state index in [9.17, 15) is 29.4 Å². The summed E-state index contributed by atoms with van der Waals surface area (Å²) in [6, 6.07) is 6.54. The Morgan fingerprint density at radius 1 is 1.05 bits per heavy atom. The third-order valence-corrected chi connectivity index (χ3v) is 7.85. The molecule has 0 unspecified atom stereocenters. The molecule has 3 rings (SSSR count). The van der Waals surface area contributed by atoms with E-state index < -0.39 is 29.7 Å². The number of benzene rings is 1. The molecule has 1 aliphatic rings. The minimum atomic E-state index is -1.60. The van der Waals surface area contributed by atoms with E-state index in [0.717, 1.165) is 10.4 Å². The monoisotopic (exact) mass is 588 g/mol. The molecule has 2 aromatic rings. The van der Waals surface area contributed by atoms with E-state index in [-0.39, 0.29) is 42.9 Å². The highest BCUT2D eigenvalue weighted by molar-refractivity contribution is 7.14. The number of nitrogens with zero attached hydrogens (tertiary/aromatic N) is 1. The lowest BCUT2D eigenvalue weighted by Gasteiger charge is -2.34. The van der Waals surface area contributed by atoms with Gasteiger partial charge in [-0.3, -0.25) is 4.79 Å². The molecule has 41 heavy (non-hydrogen) atoms. The van der Waals surface area contributed by atoms with Crippen LogP contribution in [0.2, 0.25) is 0 Å². The molecule has 224 valence electrons. The number of carboxylic acids is 2. The van der Waals surface area contributed by atoms with Gasteiger partial charge < -0.3 is 44.2 Å². The molecule has 0 spiro atoms. The topological polar surface area (TPSA) is 157 Å². The van der Waals surface area contributed by atoms with Crippen molar-refractivity contribution in [3.8, 4) is 11.5 Å². The van der Waals surface area contributed by atoms with Gasteiger partial charge in [0.05, 0.1) is 23.4 Å². The highest BCUT2D eigenvalue weighted by Gasteiger charge is 2.32. The molecule has 0 radical (unpaired) electrons. The van der Waals surface area contributed by atoms with Gasteiger partial charge in [-0.05, 0) is 75.8 Å². The lowest BCUT2D eigenvalue weighted by molar-refractivity contribution is -0.323. The molecule has 0 atom stereocenters. The van der Waals surface area contributed by atoms with Crippen LogP contribution in [0.1, 0.15) is 73.1 Å². The van der Waals surface area contributed by atoms with Crippen molar-refractivity contribution in [2.75, 3.05) is 19.7 Å². The first-order valence-electron chi connectivity index (χ1n) is 13.5. The molecule has 0 aliphatic carbocycles. The normalized spacial score (nSPS) is 13.2. The van der Waals surface area contributed by atoms with Crippen molar-refractivity contribution in [2.45, 2.75) is 78.0 Å². The van der Waals surface area contributed by atoms with E-state index >= 15 is 0 Å². The van der Waals surface area contributed by atoms with Crippen molar-refractivity contribution in [1.29, 1.82) is 0 Å². The Labute approximate surface area is 243 Å². The fourth-order valence-electron chi connectivity index (χ4n) is 4.31. The second-order valence-corrected chi connectivity index (χ2v) is 11.9. The van der Waals surface area contributed by atoms with Crippen LogP contribution in [0.5, 0.6) is 11.5 Å². The Balaban J connectivity index is 1.64. The lowest BCUT2D eigenvalue weighted by Crippen LogP contribution is -2.51. The molecule has 1 aromatic carbocycles. The molecule has 0 saturated heterocycles. The Bertz CT molecular complexity index is 1280. The van der Waals surface area contributed by atoms with E-state index in [1.54, 1.807) is 36.9 Å². The summed E-state index contributed by atoms with van der Waals surface area (Å²) in [5.41, 5.74) is -0.555. The summed E-state index contributed by atoms with van der Waals surface area (Å²) in [5, 5.41) is 25.6. The van der Waals surface area contributed by atoms with Gasteiger partial charge in [-0.25, -0.2) is 4.79 Å². The minimum Gasteiger partial charge on any atom is -0.546 e. The quantitative estimate of drug-likeness (QED) is 0.391. The van der Waals surface area contributed by atoms with Gasteiger partial charge in [0.1, 0.15) is 17.8 Å². The number of ether oxygens (including phenoxy) is 3. The predicted octanol–water partition coefficient (Wildman–Crippen LogP) is 1.83. The first kappa shape index (κ1) is 31.7. The minimum absolute atomic E-state index is 0.0472. The third kappa shape index (κ3) is 8.35. The van der Waals surface area contributed by atoms with Crippen molar-refractivity contribution in [3.05, 3.63) is 45.1 Å². The van der Waals surface area contributed by atoms with Crippen LogP contribution in [0.4, 0.5) is 4.79 Å². The van der Waals surface area contributed by atoms with Crippen molar-refractivity contribution in [2.24, 2.45) is 0 Å². The zero-order valence-electron chi connectivity index (χ0n) is 24.0. The third-order valence-electron chi connectivity index (χ3n) is 6.61. The Kier molecular flexibility index (Phi) is 10.2. The maximum absolute atomic E-state index is 12.9. The summed E-state index contributed by atoms with van der Waals surface area (Å²) < 4.78 is 16.6. The fraction of sp³-hybridized carbons (Fsp3) is 0.517. The first-order valence-corrected chi connectivity index (χ1v) is 14.3. The zero-order chi connectivity index (χ0) is 30.4. The van der Waals surface area contributed by atoms with E-state index in [2.05, 4.69) is 5.32 Å². The van der Waals surface area contributed by atoms with Crippen LogP contribution in [-0.2, 0) is 33.7 Å². The number of aliphatic carboxylic acids is 2. The number of amides is 2. The Morgan fingerprint density at radius 2 is 1.76 bits per heavy atom. The molecule has 1 aromatic heterocycles. The predicted molar refractivity (Wildman–Crippen MR) is 147 cm³/mol. The van der Waals surface area contributed by atoms with Crippen LogP contribution in [0.3, 0.4) is 0 Å². The van der Waals surface area contributed by atoms with Crippen LogP contribution < -0.4 is 25.0 Å². The number of carboxylic acid groups (broad SMARTS) is 2. The van der Waals surface area contributed by atoms with Crippen LogP contribution in [-0.4, -0.2) is 59.7 Å². The van der Waals surface area contributed by atoms with Crippen LogP contribution in [0, 0.1) is 0 Å². The molecule has 2 heterocycles. The molecular formula is C29H36N2O9S-2. The average molecular weight is 589 g/mol. The van der Waals surface area contributed by atoms with Crippen molar-refractivity contribution < 1.29 is 43.6 Å². The van der Waals surface area contributed by atoms with E-state index in [1.807, 2.05) is 20.8 Å². The summed E-state index contributed by atoms with van der Waals surface area (Å²) in [5.74, 6) is -2.96. The fourth-order valence-corrected chi connectivity index (χ4v) is 5.39. The zero-order valence-corrected chi connectivity index (χ0v) is 24.8. The van der Waals surface area contributed by atoms with Crippen LogP contribution in [0.15, 0.2) is 24.3 Å². The van der Waals surface area contributed by atoms with Gasteiger partial charge >= 0.3 is 6.09 Å². The van der Waals surface area contributed by atoms with Gasteiger partial charge in [0, 0.05) is 18.0 Å². The number of thiophene rings is 1.